The van der Waals surface area contributed by atoms with E-state index in [0.29, 0.717) is 102 Å². The van der Waals surface area contributed by atoms with Gasteiger partial charge in [0.15, 0.2) is 0 Å². The predicted molar refractivity (Wildman–Crippen MR) is 253 cm³/mol. The fourth-order valence-electron chi connectivity index (χ4n) is 11.0. The summed E-state index contributed by atoms with van der Waals surface area (Å²) in [4.78, 5) is 45.5. The van der Waals surface area contributed by atoms with Gasteiger partial charge in [-0.25, -0.2) is 4.57 Å². The number of rotatable bonds is 15. The van der Waals surface area contributed by atoms with Gasteiger partial charge in [-0.2, -0.15) is 15.8 Å². The highest BCUT2D eigenvalue weighted by molar-refractivity contribution is 7.48. The summed E-state index contributed by atoms with van der Waals surface area (Å²) in [7, 11) is -4.73. The second kappa shape index (κ2) is 19.5. The molecule has 0 unspecified atom stereocenters. The first-order chi connectivity index (χ1) is 33.9. The van der Waals surface area contributed by atoms with E-state index in [9.17, 15) is 30.2 Å². The van der Waals surface area contributed by atoms with E-state index in [-0.39, 0.29) is 50.6 Å². The van der Waals surface area contributed by atoms with Gasteiger partial charge in [-0.15, -0.1) is 0 Å². The molecule has 19 heteroatoms. The molecule has 0 saturated carbocycles. The van der Waals surface area contributed by atoms with Crippen molar-refractivity contribution in [2.45, 2.75) is 133 Å². The fourth-order valence-corrected chi connectivity index (χ4v) is 12.5. The van der Waals surface area contributed by atoms with Crippen LogP contribution in [0.25, 0.3) is 0 Å². The second-order valence-corrected chi connectivity index (χ2v) is 22.0. The van der Waals surface area contributed by atoms with Crippen molar-refractivity contribution in [3.05, 3.63) is 88.0 Å². The van der Waals surface area contributed by atoms with E-state index in [1.54, 1.807) is 83.1 Å². The Morgan fingerprint density at radius 2 is 0.859 bits per heavy atom. The molecule has 3 saturated heterocycles. The lowest BCUT2D eigenvalue weighted by molar-refractivity contribution is -0.152. The van der Waals surface area contributed by atoms with Crippen molar-refractivity contribution < 1.29 is 56.2 Å². The zero-order valence-electron chi connectivity index (χ0n) is 40.9. The van der Waals surface area contributed by atoms with Gasteiger partial charge in [0.05, 0.1) is 79.5 Å². The van der Waals surface area contributed by atoms with Gasteiger partial charge in [0.25, 0.3) is 0 Å². The molecule has 374 valence electrons. The molecule has 0 N–H and O–H groups in total. The average Bonchev–Trinajstić information content (AvgIpc) is 4.09. The Bertz CT molecular complexity index is 2650. The summed E-state index contributed by atoms with van der Waals surface area (Å²) < 4.78 is 67.2. The Hall–Kier alpha value is -6.03. The first-order valence-corrected chi connectivity index (χ1v) is 25.7. The van der Waals surface area contributed by atoms with Crippen molar-refractivity contribution in [1.29, 1.82) is 15.8 Å². The third-order valence-electron chi connectivity index (χ3n) is 14.2. The zero-order valence-corrected chi connectivity index (χ0v) is 41.8. The number of phosphoric ester groups is 1. The molecular formula is C52H59N6O12P. The number of nitriles is 3. The number of phosphoric acid groups is 1. The monoisotopic (exact) mass is 990 g/mol. The summed E-state index contributed by atoms with van der Waals surface area (Å²) in [5.41, 5.74) is -0.294. The maximum atomic E-state index is 15.5. The molecule has 6 aliphatic heterocycles. The highest BCUT2D eigenvalue weighted by Gasteiger charge is 2.54. The number of nitrogens with zero attached hydrogens (tertiary/aromatic N) is 6. The fraction of sp³-hybridized carbons (Fsp3) is 0.538. The number of fused-ring (bicyclic) bond motifs is 3. The number of ether oxygens (including phenoxy) is 5. The molecule has 3 fully saturated rings. The van der Waals surface area contributed by atoms with Gasteiger partial charge in [-0.1, -0.05) is 0 Å². The first kappa shape index (κ1) is 49.9. The van der Waals surface area contributed by atoms with Crippen LogP contribution in [0.3, 0.4) is 0 Å². The molecule has 0 aliphatic carbocycles. The third kappa shape index (κ3) is 9.72. The highest BCUT2D eigenvalue weighted by Crippen LogP contribution is 2.57. The smallest absolute Gasteiger partial charge is 0.475 e. The van der Waals surface area contributed by atoms with Crippen LogP contribution in [0.5, 0.6) is 17.2 Å². The van der Waals surface area contributed by atoms with Crippen molar-refractivity contribution >= 4 is 25.5 Å². The van der Waals surface area contributed by atoms with E-state index in [0.717, 1.165) is 0 Å². The van der Waals surface area contributed by atoms with Crippen molar-refractivity contribution in [2.24, 2.45) is 0 Å². The van der Waals surface area contributed by atoms with Crippen molar-refractivity contribution in [1.82, 2.24) is 14.7 Å². The lowest BCUT2D eigenvalue weighted by atomic mass is 9.84. The molecule has 9 rings (SSSR count). The van der Waals surface area contributed by atoms with E-state index >= 15 is 4.57 Å². The molecule has 6 heterocycles. The van der Waals surface area contributed by atoms with Crippen molar-refractivity contribution in [3.8, 4) is 35.5 Å². The minimum Gasteiger partial charge on any atom is -0.485 e. The minimum atomic E-state index is -4.73. The standard InChI is InChI=1S/C52H59N6O12P/c1-50(2)47(44(56-19-7-10-41(56)59)35-26-32(29-53)13-16-38(35)67-50)63-22-24-65-71(62,70-49-46(58-21-9-12-43(58)61)37-28-34(31-55)15-18-40(37)69-52(49,5)6)66-25-23-64-48-45(57-20-8-11-42(57)60)36-27-33(30-54)14-17-39(36)68-51(48,3)4/h13-18,26-28,44-49H,7-12,19-25H2,1-6H3/t44-,45-,46-,47+,48+,49+/m1/s1. The Kier molecular flexibility index (Phi) is 13.7. The number of carbonyl (C=O) groups excluding carboxylic acids is 3. The summed E-state index contributed by atoms with van der Waals surface area (Å²) >= 11 is 0. The number of carbonyl (C=O) groups is 3. The predicted octanol–water partition coefficient (Wildman–Crippen LogP) is 7.50. The quantitative estimate of drug-likeness (QED) is 0.106. The lowest BCUT2D eigenvalue weighted by Crippen LogP contribution is -2.55. The van der Waals surface area contributed by atoms with E-state index in [1.165, 1.54) is 0 Å². The topological polar surface area (TPSA) is 223 Å². The van der Waals surface area contributed by atoms with Gasteiger partial charge < -0.3 is 38.4 Å². The Morgan fingerprint density at radius 3 is 1.17 bits per heavy atom. The van der Waals surface area contributed by atoms with Crippen molar-refractivity contribution in [3.63, 3.8) is 0 Å². The molecule has 0 bridgehead atoms. The molecule has 6 atom stereocenters. The van der Waals surface area contributed by atoms with Crippen LogP contribution in [0, 0.1) is 34.0 Å². The van der Waals surface area contributed by atoms with Gasteiger partial charge in [0, 0.05) is 55.6 Å². The van der Waals surface area contributed by atoms with E-state index in [1.807, 2.05) is 27.7 Å². The summed E-state index contributed by atoms with van der Waals surface area (Å²) in [6.07, 6.45) is 0.229. The molecule has 0 aromatic heterocycles. The SMILES string of the molecule is CC1(C)Oc2ccc(C#N)cc2[C@@H](N2CCCC2=O)[C@@H]1OCCOP(=O)(OCCO[C@H]1[C@H](N2CCCC2=O)c2cc(C#N)ccc2OC1(C)C)O[C@H]1[C@H](N2CCCC2=O)c2cc(C#N)ccc2OC1(C)C. The van der Waals surface area contributed by atoms with E-state index in [4.69, 9.17) is 37.3 Å². The Morgan fingerprint density at radius 1 is 0.535 bits per heavy atom. The largest absolute Gasteiger partial charge is 0.485 e. The molecule has 6 aliphatic rings. The van der Waals surface area contributed by atoms with Crippen LogP contribution in [-0.4, -0.2) is 114 Å². The van der Waals surface area contributed by atoms with Crippen LogP contribution in [0.4, 0.5) is 0 Å². The van der Waals surface area contributed by atoms with Crippen LogP contribution < -0.4 is 14.2 Å². The number of benzene rings is 3. The number of likely N-dealkylation sites (tertiary alicyclic amines) is 3. The number of hydrogen-bond acceptors (Lipinski definition) is 15. The Labute approximate surface area is 413 Å². The summed E-state index contributed by atoms with van der Waals surface area (Å²) in [6.45, 7) is 11.2. The minimum absolute atomic E-state index is 0.0520. The third-order valence-corrected chi connectivity index (χ3v) is 15.7. The lowest BCUT2D eigenvalue weighted by Gasteiger charge is -2.48. The van der Waals surface area contributed by atoms with Gasteiger partial charge in [0.2, 0.25) is 17.7 Å². The maximum absolute atomic E-state index is 15.5. The molecular weight excluding hydrogens is 932 g/mol. The number of hydrogen-bond donors (Lipinski definition) is 0. The normalized spacial score (nSPS) is 26.0. The number of amides is 3. The van der Waals surface area contributed by atoms with Crippen LogP contribution in [-0.2, 0) is 42.0 Å². The van der Waals surface area contributed by atoms with Gasteiger partial charge in [-0.05, 0) is 115 Å². The molecule has 3 aromatic carbocycles. The van der Waals surface area contributed by atoms with E-state index < -0.39 is 61.1 Å². The molecule has 3 amide bonds. The summed E-state index contributed by atoms with van der Waals surface area (Å²) in [6, 6.07) is 19.6. The van der Waals surface area contributed by atoms with Gasteiger partial charge in [-0.3, -0.25) is 28.0 Å². The van der Waals surface area contributed by atoms with Gasteiger partial charge >= 0.3 is 7.82 Å². The maximum Gasteiger partial charge on any atom is 0.475 e. The summed E-state index contributed by atoms with van der Waals surface area (Å²) in [5, 5.41) is 29.6. The highest BCUT2D eigenvalue weighted by atomic mass is 31.2. The van der Waals surface area contributed by atoms with Crippen LogP contribution in [0.1, 0.15) is 132 Å². The van der Waals surface area contributed by atoms with Gasteiger partial charge in [0.1, 0.15) is 52.4 Å². The van der Waals surface area contributed by atoms with Crippen LogP contribution in [0.15, 0.2) is 54.6 Å². The molecule has 0 spiro atoms. The summed E-state index contributed by atoms with van der Waals surface area (Å²) in [5.74, 6) is 1.26. The van der Waals surface area contributed by atoms with Crippen LogP contribution in [0.2, 0.25) is 0 Å². The first-order valence-electron chi connectivity index (χ1n) is 24.3. The average molecular weight is 991 g/mol. The van der Waals surface area contributed by atoms with Crippen LogP contribution >= 0.6 is 7.82 Å². The zero-order chi connectivity index (χ0) is 50.5. The van der Waals surface area contributed by atoms with Crippen molar-refractivity contribution in [2.75, 3.05) is 46.1 Å². The van der Waals surface area contributed by atoms with E-state index in [2.05, 4.69) is 18.2 Å². The Balaban J connectivity index is 1.00. The molecule has 3 aromatic rings. The molecule has 71 heavy (non-hydrogen) atoms. The second-order valence-electron chi connectivity index (χ2n) is 20.3. The molecule has 0 radical (unpaired) electrons. The molecule has 18 nitrogen and oxygen atoms in total.